The third kappa shape index (κ3) is 8.17. The van der Waals surface area contributed by atoms with Gasteiger partial charge in [-0.05, 0) is 18.0 Å². The van der Waals surface area contributed by atoms with Gasteiger partial charge in [0.15, 0.2) is 30.7 Å². The summed E-state index contributed by atoms with van der Waals surface area (Å²) in [6.45, 7) is 3.29. The van der Waals surface area contributed by atoms with Crippen molar-refractivity contribution in [2.75, 3.05) is 6.61 Å². The highest BCUT2D eigenvalue weighted by Gasteiger charge is 2.62. The number of carbonyl (C=O) groups excluding carboxylic acids is 3. The first kappa shape index (κ1) is 33.7. The molecule has 3 N–H and O–H groups in total. The largest absolute Gasteiger partial charge is 0.479 e. The molecule has 0 saturated carbocycles. The average Bonchev–Trinajstić information content (AvgIpc) is 2.93. The monoisotopic (exact) mass is 611 g/mol. The van der Waals surface area contributed by atoms with E-state index in [0.717, 1.165) is 27.7 Å². The molecular weight excluding hydrogens is 578 g/mol. The number of aliphatic hydroxyl groups is 2. The molecule has 43 heavy (non-hydrogen) atoms. The van der Waals surface area contributed by atoms with Crippen LogP contribution in [0.4, 0.5) is 0 Å². The van der Waals surface area contributed by atoms with Crippen LogP contribution in [0, 0.1) is 0 Å². The normalized spacial score (nSPS) is 33.9. The summed E-state index contributed by atoms with van der Waals surface area (Å²) in [7, 11) is 0. The first-order valence-corrected chi connectivity index (χ1v) is 13.1. The third-order valence-electron chi connectivity index (χ3n) is 6.57. The number of aliphatic hydroxyl groups excluding tert-OH is 2. The van der Waals surface area contributed by atoms with E-state index in [1.807, 2.05) is 0 Å². The maximum atomic E-state index is 12.3. The molecule has 2 saturated heterocycles. The quantitative estimate of drug-likeness (QED) is 0.100. The Morgan fingerprint density at radius 1 is 1.00 bits per heavy atom. The molecule has 0 spiro atoms. The maximum absolute atomic E-state index is 12.3. The summed E-state index contributed by atoms with van der Waals surface area (Å²) in [6.07, 6.45) is -13.6. The Labute approximate surface area is 245 Å². The van der Waals surface area contributed by atoms with Crippen LogP contribution in [0.15, 0.2) is 35.4 Å². The highest BCUT2D eigenvalue weighted by molar-refractivity contribution is 5.75. The molecule has 17 heteroatoms. The number of hydrogen-bond acceptors (Lipinski definition) is 14. The predicted octanol–water partition coefficient (Wildman–Crippen LogP) is 0.340. The summed E-state index contributed by atoms with van der Waals surface area (Å²) in [5.74, 6) is -6.92. The van der Waals surface area contributed by atoms with Gasteiger partial charge in [-0.15, -0.1) is 0 Å². The molecule has 2 heterocycles. The van der Waals surface area contributed by atoms with Gasteiger partial charge in [0, 0.05) is 25.7 Å². The highest BCUT2D eigenvalue weighted by Crippen LogP contribution is 2.40. The molecule has 10 atom stereocenters. The number of carboxylic acids is 1. The van der Waals surface area contributed by atoms with E-state index in [9.17, 15) is 40.0 Å². The average molecular weight is 612 g/mol. The van der Waals surface area contributed by atoms with Gasteiger partial charge in [-0.3, -0.25) is 14.4 Å². The molecule has 2 aliphatic heterocycles. The zero-order valence-corrected chi connectivity index (χ0v) is 23.7. The van der Waals surface area contributed by atoms with E-state index in [2.05, 4.69) is 10.0 Å². The van der Waals surface area contributed by atoms with Crippen LogP contribution in [-0.4, -0.2) is 107 Å². The van der Waals surface area contributed by atoms with Crippen LogP contribution in [0.2, 0.25) is 0 Å². The van der Waals surface area contributed by atoms with Crippen LogP contribution in [0.3, 0.4) is 0 Å². The predicted molar refractivity (Wildman–Crippen MR) is 138 cm³/mol. The SMILES string of the molecule is CC(=O)O[C@H]1[C@H](OC(C)=O)[C@@H](OC(C)=O)[C@](C)(O[C@H]2[C@@H](O)[C@@H](CO)O[C@@H](OCc3ccccc3)[C@@H]2N=[N+]=[N-])O[C@@H]1C(=O)O. The molecule has 236 valence electrons. The van der Waals surface area contributed by atoms with Crippen LogP contribution in [0.25, 0.3) is 10.4 Å². The number of carboxylic acid groups (broad SMARTS) is 1. The Hall–Kier alpha value is -3.83. The maximum Gasteiger partial charge on any atom is 0.337 e. The fourth-order valence-electron chi connectivity index (χ4n) is 4.84. The third-order valence-corrected chi connectivity index (χ3v) is 6.57. The van der Waals surface area contributed by atoms with Gasteiger partial charge < -0.3 is 48.5 Å². The summed E-state index contributed by atoms with van der Waals surface area (Å²) in [4.78, 5) is 51.2. The number of rotatable bonds is 11. The number of carbonyl (C=O) groups is 4. The Bertz CT molecular complexity index is 1210. The zero-order valence-electron chi connectivity index (χ0n) is 23.7. The molecule has 2 fully saturated rings. The van der Waals surface area contributed by atoms with E-state index < -0.39 is 91.3 Å². The van der Waals surface area contributed by atoms with Crippen LogP contribution < -0.4 is 0 Å². The Kier molecular flexibility index (Phi) is 11.4. The van der Waals surface area contributed by atoms with Gasteiger partial charge in [0.2, 0.25) is 5.79 Å². The number of ether oxygens (including phenoxy) is 7. The van der Waals surface area contributed by atoms with Crippen LogP contribution >= 0.6 is 0 Å². The summed E-state index contributed by atoms with van der Waals surface area (Å²) in [6, 6.07) is 7.32. The molecule has 0 aliphatic carbocycles. The Balaban J connectivity index is 2.07. The smallest absolute Gasteiger partial charge is 0.337 e. The van der Waals surface area contributed by atoms with Crippen molar-refractivity contribution >= 4 is 23.9 Å². The fraction of sp³-hybridized carbons (Fsp3) is 0.615. The van der Waals surface area contributed by atoms with Gasteiger partial charge >= 0.3 is 23.9 Å². The van der Waals surface area contributed by atoms with Crippen molar-refractivity contribution < 1.29 is 67.7 Å². The minimum absolute atomic E-state index is 0.0482. The molecule has 1 aromatic carbocycles. The summed E-state index contributed by atoms with van der Waals surface area (Å²) in [5, 5.41) is 34.7. The lowest BCUT2D eigenvalue weighted by Crippen LogP contribution is -2.71. The first-order chi connectivity index (χ1) is 20.3. The Morgan fingerprint density at radius 3 is 2.14 bits per heavy atom. The first-order valence-electron chi connectivity index (χ1n) is 13.1. The lowest BCUT2D eigenvalue weighted by Gasteiger charge is -2.51. The van der Waals surface area contributed by atoms with Gasteiger partial charge in [0.1, 0.15) is 24.4 Å². The van der Waals surface area contributed by atoms with Crippen molar-refractivity contribution in [1.29, 1.82) is 0 Å². The molecule has 1 aromatic rings. The lowest BCUT2D eigenvalue weighted by atomic mass is 9.90. The van der Waals surface area contributed by atoms with E-state index in [1.54, 1.807) is 30.3 Å². The van der Waals surface area contributed by atoms with E-state index in [-0.39, 0.29) is 6.61 Å². The van der Waals surface area contributed by atoms with Gasteiger partial charge in [-0.25, -0.2) is 4.79 Å². The van der Waals surface area contributed by atoms with Crippen molar-refractivity contribution in [2.45, 2.75) is 95.1 Å². The van der Waals surface area contributed by atoms with Gasteiger partial charge in [0.25, 0.3) is 0 Å². The second kappa shape index (κ2) is 14.6. The number of esters is 3. The minimum atomic E-state index is -2.37. The van der Waals surface area contributed by atoms with E-state index >= 15 is 0 Å². The van der Waals surface area contributed by atoms with E-state index in [1.165, 1.54) is 0 Å². The number of aliphatic carboxylic acids is 1. The summed E-state index contributed by atoms with van der Waals surface area (Å²) < 4.78 is 39.1. The molecule has 0 amide bonds. The summed E-state index contributed by atoms with van der Waals surface area (Å²) >= 11 is 0. The molecule has 0 bridgehead atoms. The lowest BCUT2D eigenvalue weighted by molar-refractivity contribution is -0.383. The fourth-order valence-corrected chi connectivity index (χ4v) is 4.84. The molecule has 17 nitrogen and oxygen atoms in total. The number of nitrogens with zero attached hydrogens (tertiary/aromatic N) is 3. The molecule has 3 rings (SSSR count). The van der Waals surface area contributed by atoms with Crippen LogP contribution in [0.5, 0.6) is 0 Å². The molecule has 0 unspecified atom stereocenters. The Morgan fingerprint density at radius 2 is 1.60 bits per heavy atom. The van der Waals surface area contributed by atoms with Crippen LogP contribution in [-0.2, 0) is 58.9 Å². The zero-order chi connectivity index (χ0) is 31.9. The topological polar surface area (TPSA) is 242 Å². The van der Waals surface area contributed by atoms with E-state index in [0.29, 0.717) is 5.56 Å². The molecule has 0 aromatic heterocycles. The summed E-state index contributed by atoms with van der Waals surface area (Å²) in [5.41, 5.74) is 10.0. The highest BCUT2D eigenvalue weighted by atomic mass is 16.8. The standard InChI is InChI=1S/C26H33N3O14/c1-12(31)38-20-21(39-13(2)32)23(40-14(3)33)26(4,43-22(20)24(35)36)42-19-17(28-29-27)25(41-16(10-30)18(19)34)37-11-15-8-6-5-7-9-15/h5-9,16-23,25,30,34H,10-11H2,1-4H3,(H,35,36)/t16-,17-,18+,19-,20+,21+,22+,23-,25-,26-/m1/s1. The van der Waals surface area contributed by atoms with Crippen molar-refractivity contribution in [3.8, 4) is 0 Å². The number of benzene rings is 1. The second-order valence-electron chi connectivity index (χ2n) is 9.86. The van der Waals surface area contributed by atoms with Gasteiger partial charge in [-0.1, -0.05) is 35.4 Å². The minimum Gasteiger partial charge on any atom is -0.479 e. The van der Waals surface area contributed by atoms with E-state index in [4.69, 9.17) is 33.2 Å². The number of hydrogen-bond donors (Lipinski definition) is 3. The number of azide groups is 1. The van der Waals surface area contributed by atoms with Crippen molar-refractivity contribution in [3.05, 3.63) is 46.3 Å². The van der Waals surface area contributed by atoms with Gasteiger partial charge in [0.05, 0.1) is 13.2 Å². The van der Waals surface area contributed by atoms with Crippen molar-refractivity contribution in [1.82, 2.24) is 0 Å². The van der Waals surface area contributed by atoms with Crippen molar-refractivity contribution in [3.63, 3.8) is 0 Å². The molecule has 0 radical (unpaired) electrons. The molecular formula is C26H33N3O14. The van der Waals surface area contributed by atoms with Gasteiger partial charge in [-0.2, -0.15) is 0 Å². The molecule has 2 aliphatic rings. The second-order valence-corrected chi connectivity index (χ2v) is 9.86. The van der Waals surface area contributed by atoms with Crippen LogP contribution in [0.1, 0.15) is 33.3 Å². The van der Waals surface area contributed by atoms with Crippen molar-refractivity contribution in [2.24, 2.45) is 5.11 Å².